The highest BCUT2D eigenvalue weighted by molar-refractivity contribution is 5.54. The van der Waals surface area contributed by atoms with Gasteiger partial charge in [0, 0.05) is 38.4 Å². The molecule has 1 saturated carbocycles. The van der Waals surface area contributed by atoms with Crippen molar-refractivity contribution in [2.45, 2.75) is 26.7 Å². The zero-order valence-electron chi connectivity index (χ0n) is 11.7. The Morgan fingerprint density at radius 1 is 1.06 bits per heavy atom. The molecular weight excluding hydrogens is 220 g/mol. The second kappa shape index (κ2) is 4.93. The molecule has 0 amide bonds. The number of anilines is 1. The smallest absolute Gasteiger partial charge is 0.0396 e. The molecule has 2 aliphatic rings. The molecule has 2 nitrogen and oxygen atoms in total. The van der Waals surface area contributed by atoms with Crippen LogP contribution in [0.25, 0.3) is 0 Å². The minimum atomic E-state index is 1.03. The van der Waals surface area contributed by atoms with E-state index >= 15 is 0 Å². The van der Waals surface area contributed by atoms with Crippen molar-refractivity contribution in [2.75, 3.05) is 37.6 Å². The first-order valence-electron chi connectivity index (χ1n) is 7.27. The molecule has 18 heavy (non-hydrogen) atoms. The summed E-state index contributed by atoms with van der Waals surface area (Å²) in [6.45, 7) is 10.6. The van der Waals surface area contributed by atoms with Gasteiger partial charge in [0.2, 0.25) is 0 Å². The van der Waals surface area contributed by atoms with Crippen molar-refractivity contribution in [3.8, 4) is 0 Å². The third-order valence-electron chi connectivity index (χ3n) is 4.28. The van der Waals surface area contributed by atoms with Crippen molar-refractivity contribution in [1.29, 1.82) is 0 Å². The number of benzene rings is 1. The SMILES string of the molecule is Cc1ccc(N2CCN(CC3CC3)CC2)c(C)c1. The van der Waals surface area contributed by atoms with Gasteiger partial charge in [0.05, 0.1) is 0 Å². The van der Waals surface area contributed by atoms with Crippen LogP contribution >= 0.6 is 0 Å². The molecular formula is C16H24N2. The Bertz CT molecular complexity index is 415. The topological polar surface area (TPSA) is 6.48 Å². The standard InChI is InChI=1S/C16H24N2/c1-13-3-6-16(14(2)11-13)18-9-7-17(8-10-18)12-15-4-5-15/h3,6,11,15H,4-5,7-10,12H2,1-2H3. The molecule has 0 N–H and O–H groups in total. The predicted octanol–water partition coefficient (Wildman–Crippen LogP) is 2.84. The van der Waals surface area contributed by atoms with Crippen molar-refractivity contribution < 1.29 is 0 Å². The van der Waals surface area contributed by atoms with E-state index in [0.717, 1.165) is 5.92 Å². The molecule has 0 radical (unpaired) electrons. The van der Waals surface area contributed by atoms with Crippen molar-refractivity contribution >= 4 is 5.69 Å². The minimum absolute atomic E-state index is 1.03. The van der Waals surface area contributed by atoms with E-state index in [9.17, 15) is 0 Å². The summed E-state index contributed by atoms with van der Waals surface area (Å²) in [5, 5.41) is 0. The van der Waals surface area contributed by atoms with Gasteiger partial charge in [-0.1, -0.05) is 17.7 Å². The minimum Gasteiger partial charge on any atom is -0.369 e. The van der Waals surface area contributed by atoms with Crippen LogP contribution in [0.15, 0.2) is 18.2 Å². The lowest BCUT2D eigenvalue weighted by molar-refractivity contribution is 0.248. The van der Waals surface area contributed by atoms with E-state index in [0.29, 0.717) is 0 Å². The molecule has 1 aliphatic heterocycles. The van der Waals surface area contributed by atoms with Crippen LogP contribution in [0.4, 0.5) is 5.69 Å². The van der Waals surface area contributed by atoms with Gasteiger partial charge in [0.15, 0.2) is 0 Å². The van der Waals surface area contributed by atoms with Gasteiger partial charge in [-0.05, 0) is 44.2 Å². The summed E-state index contributed by atoms with van der Waals surface area (Å²) < 4.78 is 0. The first-order chi connectivity index (χ1) is 8.72. The van der Waals surface area contributed by atoms with Crippen LogP contribution in [-0.2, 0) is 0 Å². The molecule has 1 aliphatic carbocycles. The van der Waals surface area contributed by atoms with Crippen LogP contribution in [0.3, 0.4) is 0 Å². The fraction of sp³-hybridized carbons (Fsp3) is 0.625. The highest BCUT2D eigenvalue weighted by atomic mass is 15.3. The van der Waals surface area contributed by atoms with Gasteiger partial charge >= 0.3 is 0 Å². The Labute approximate surface area is 111 Å². The molecule has 2 fully saturated rings. The average molecular weight is 244 g/mol. The summed E-state index contributed by atoms with van der Waals surface area (Å²) in [4.78, 5) is 5.20. The van der Waals surface area contributed by atoms with Crippen LogP contribution in [0.2, 0.25) is 0 Å². The molecule has 2 heteroatoms. The molecule has 0 aromatic heterocycles. The van der Waals surface area contributed by atoms with E-state index in [2.05, 4.69) is 41.8 Å². The summed E-state index contributed by atoms with van der Waals surface area (Å²) in [6, 6.07) is 6.83. The molecule has 1 saturated heterocycles. The van der Waals surface area contributed by atoms with E-state index in [1.807, 2.05) is 0 Å². The molecule has 1 heterocycles. The molecule has 0 unspecified atom stereocenters. The zero-order valence-corrected chi connectivity index (χ0v) is 11.7. The Kier molecular flexibility index (Phi) is 3.29. The second-order valence-electron chi connectivity index (χ2n) is 6.02. The Morgan fingerprint density at radius 3 is 2.39 bits per heavy atom. The fourth-order valence-corrected chi connectivity index (χ4v) is 3.00. The van der Waals surface area contributed by atoms with Gasteiger partial charge in [-0.3, -0.25) is 4.90 Å². The number of aryl methyl sites for hydroxylation is 2. The summed E-state index contributed by atoms with van der Waals surface area (Å²) in [5.41, 5.74) is 4.22. The molecule has 1 aromatic rings. The zero-order chi connectivity index (χ0) is 12.5. The quantitative estimate of drug-likeness (QED) is 0.806. The van der Waals surface area contributed by atoms with E-state index < -0.39 is 0 Å². The highest BCUT2D eigenvalue weighted by Crippen LogP contribution is 2.30. The Balaban J connectivity index is 1.60. The molecule has 1 aromatic carbocycles. The summed E-state index contributed by atoms with van der Waals surface area (Å²) in [7, 11) is 0. The first-order valence-corrected chi connectivity index (χ1v) is 7.27. The number of hydrogen-bond donors (Lipinski definition) is 0. The van der Waals surface area contributed by atoms with E-state index in [1.165, 1.54) is 62.4 Å². The van der Waals surface area contributed by atoms with Gasteiger partial charge in [-0.15, -0.1) is 0 Å². The monoisotopic (exact) mass is 244 g/mol. The van der Waals surface area contributed by atoms with Gasteiger partial charge in [-0.2, -0.15) is 0 Å². The highest BCUT2D eigenvalue weighted by Gasteiger charge is 2.26. The third-order valence-corrected chi connectivity index (χ3v) is 4.28. The molecule has 98 valence electrons. The van der Waals surface area contributed by atoms with Gasteiger partial charge in [0.1, 0.15) is 0 Å². The normalized spacial score (nSPS) is 21.3. The number of rotatable bonds is 3. The van der Waals surface area contributed by atoms with Crippen LogP contribution in [0.5, 0.6) is 0 Å². The molecule has 3 rings (SSSR count). The van der Waals surface area contributed by atoms with Crippen LogP contribution in [0, 0.1) is 19.8 Å². The van der Waals surface area contributed by atoms with Crippen LogP contribution in [0.1, 0.15) is 24.0 Å². The van der Waals surface area contributed by atoms with Crippen LogP contribution < -0.4 is 4.90 Å². The maximum absolute atomic E-state index is 2.65. The van der Waals surface area contributed by atoms with Crippen molar-refractivity contribution in [2.24, 2.45) is 5.92 Å². The predicted molar refractivity (Wildman–Crippen MR) is 77.3 cm³/mol. The van der Waals surface area contributed by atoms with Crippen molar-refractivity contribution in [3.63, 3.8) is 0 Å². The Morgan fingerprint density at radius 2 is 1.78 bits per heavy atom. The van der Waals surface area contributed by atoms with Gasteiger partial charge in [0.25, 0.3) is 0 Å². The Hall–Kier alpha value is -1.02. The van der Waals surface area contributed by atoms with Crippen LogP contribution in [-0.4, -0.2) is 37.6 Å². The van der Waals surface area contributed by atoms with Crippen molar-refractivity contribution in [1.82, 2.24) is 4.90 Å². The third kappa shape index (κ3) is 2.69. The average Bonchev–Trinajstić information content (AvgIpc) is 3.15. The molecule has 0 atom stereocenters. The molecule has 0 spiro atoms. The second-order valence-corrected chi connectivity index (χ2v) is 6.02. The van der Waals surface area contributed by atoms with E-state index in [4.69, 9.17) is 0 Å². The summed E-state index contributed by atoms with van der Waals surface area (Å²) >= 11 is 0. The largest absolute Gasteiger partial charge is 0.369 e. The number of piperazine rings is 1. The fourth-order valence-electron chi connectivity index (χ4n) is 3.00. The summed E-state index contributed by atoms with van der Waals surface area (Å²) in [5.74, 6) is 1.03. The maximum Gasteiger partial charge on any atom is 0.0396 e. The summed E-state index contributed by atoms with van der Waals surface area (Å²) in [6.07, 6.45) is 2.94. The molecule has 0 bridgehead atoms. The van der Waals surface area contributed by atoms with Gasteiger partial charge < -0.3 is 4.90 Å². The maximum atomic E-state index is 2.65. The first kappa shape index (κ1) is 12.0. The number of hydrogen-bond acceptors (Lipinski definition) is 2. The lowest BCUT2D eigenvalue weighted by atomic mass is 10.1. The van der Waals surface area contributed by atoms with E-state index in [-0.39, 0.29) is 0 Å². The lowest BCUT2D eigenvalue weighted by Crippen LogP contribution is -2.47. The van der Waals surface area contributed by atoms with Crippen molar-refractivity contribution in [3.05, 3.63) is 29.3 Å². The van der Waals surface area contributed by atoms with Gasteiger partial charge in [-0.25, -0.2) is 0 Å². The lowest BCUT2D eigenvalue weighted by Gasteiger charge is -2.37. The van der Waals surface area contributed by atoms with E-state index in [1.54, 1.807) is 0 Å². The number of nitrogens with zero attached hydrogens (tertiary/aromatic N) is 2.